The molecular formula is H9Al2FeSi. The van der Waals surface area contributed by atoms with Crippen LogP contribution in [0.15, 0.2) is 0 Å². The van der Waals surface area contributed by atoms with Gasteiger partial charge in [-0.15, -0.1) is 0 Å². The van der Waals surface area contributed by atoms with Gasteiger partial charge >= 0.3 is 0 Å². The second kappa shape index (κ2) is 21.4. The first kappa shape index (κ1) is 41.2. The Bertz CT molecular complexity index is 6.00. The minimum absolute atomic E-state index is 0. The summed E-state index contributed by atoms with van der Waals surface area (Å²) < 4.78 is 0. The van der Waals surface area contributed by atoms with E-state index < -0.39 is 0 Å². The van der Waals surface area contributed by atoms with Crippen molar-refractivity contribution in [3.63, 3.8) is 0 Å². The van der Waals surface area contributed by atoms with Crippen LogP contribution in [-0.4, -0.2) is 45.7 Å². The summed E-state index contributed by atoms with van der Waals surface area (Å²) in [6.07, 6.45) is 0. The van der Waals surface area contributed by atoms with Crippen molar-refractivity contribution in [2.24, 2.45) is 0 Å². The van der Waals surface area contributed by atoms with Crippen LogP contribution < -0.4 is 0 Å². The number of hydrogen-bond donors (Lipinski definition) is 0. The fraction of sp³-hybridized carbons (Fsp3) is 0. The number of rotatable bonds is 0. The Morgan fingerprint density at radius 1 is 0.750 bits per heavy atom. The van der Waals surface area contributed by atoms with E-state index in [1.807, 2.05) is 0 Å². The van der Waals surface area contributed by atoms with Gasteiger partial charge in [0.1, 0.15) is 0 Å². The normalized spacial score (nSPS) is 0. The van der Waals surface area contributed by atoms with Gasteiger partial charge in [0, 0.05) is 17.1 Å². The SMILES string of the molecule is [AlH3].[AlH3].[Fe].[SiH3]. The Hall–Kier alpha value is 1.80. The van der Waals surface area contributed by atoms with E-state index in [9.17, 15) is 0 Å². The van der Waals surface area contributed by atoms with Crippen LogP contribution in [0.25, 0.3) is 0 Å². The molecule has 0 unspecified atom stereocenters. The standard InChI is InChI=1S/2Al.Fe.H3Si.6H/h;;;1H3;;;;;;. The molecule has 0 bridgehead atoms. The molecule has 0 aromatic carbocycles. The fourth-order valence-corrected chi connectivity index (χ4v) is 0. The van der Waals surface area contributed by atoms with E-state index >= 15 is 0 Å². The van der Waals surface area contributed by atoms with Gasteiger partial charge in [-0.2, -0.15) is 0 Å². The van der Waals surface area contributed by atoms with Gasteiger partial charge < -0.3 is 0 Å². The molecule has 0 aliphatic rings. The smallest absolute Gasteiger partial charge is 0.0125 e. The third-order valence-corrected chi connectivity index (χ3v) is 0. The van der Waals surface area contributed by atoms with Gasteiger partial charge in [0.15, 0.2) is 34.7 Å². The van der Waals surface area contributed by atoms with Crippen molar-refractivity contribution in [2.75, 3.05) is 0 Å². The first-order chi connectivity index (χ1) is 0. The summed E-state index contributed by atoms with van der Waals surface area (Å²) in [5.41, 5.74) is 0. The molecule has 4 heavy (non-hydrogen) atoms. The third kappa shape index (κ3) is 9.19. The third-order valence-electron chi connectivity index (χ3n) is 0. The maximum Gasteiger partial charge on any atom is 0.187 e. The van der Waals surface area contributed by atoms with E-state index in [1.165, 1.54) is 0 Å². The molecule has 0 saturated carbocycles. The molecule has 0 amide bonds. The average Bonchev–Trinajstić information content (AvgIpc) is 0. The van der Waals surface area contributed by atoms with Crippen LogP contribution in [0.3, 0.4) is 0 Å². The van der Waals surface area contributed by atoms with Gasteiger partial charge in [-0.05, 0) is 11.0 Å². The van der Waals surface area contributed by atoms with Crippen LogP contribution in [-0.2, 0) is 17.1 Å². The quantitative estimate of drug-likeness (QED) is 0.311. The van der Waals surface area contributed by atoms with Crippen LogP contribution in [0.4, 0.5) is 0 Å². The van der Waals surface area contributed by atoms with E-state index in [-0.39, 0.29) is 62.8 Å². The molecule has 0 aliphatic heterocycles. The molecule has 0 aromatic heterocycles. The molecule has 27 valence electrons. The van der Waals surface area contributed by atoms with E-state index in [4.69, 9.17) is 0 Å². The Labute approximate surface area is 62.5 Å². The molecule has 0 rings (SSSR count). The van der Waals surface area contributed by atoms with Gasteiger partial charge in [0.2, 0.25) is 0 Å². The summed E-state index contributed by atoms with van der Waals surface area (Å²) in [4.78, 5) is 0. The number of hydrogen-bond acceptors (Lipinski definition) is 0. The van der Waals surface area contributed by atoms with Crippen molar-refractivity contribution in [2.45, 2.75) is 0 Å². The summed E-state index contributed by atoms with van der Waals surface area (Å²) in [7, 11) is 0. The van der Waals surface area contributed by atoms with Gasteiger partial charge in [0.25, 0.3) is 0 Å². The minimum Gasteiger partial charge on any atom is -0.0125 e. The molecular weight excluding hydrogens is 138 g/mol. The van der Waals surface area contributed by atoms with Crippen LogP contribution in [0, 0.1) is 0 Å². The summed E-state index contributed by atoms with van der Waals surface area (Å²) >= 11 is 0. The predicted octanol–water partition coefficient (Wildman–Crippen LogP) is -3.55. The predicted molar refractivity (Wildman–Crippen MR) is 29.8 cm³/mol. The molecule has 0 saturated heterocycles. The van der Waals surface area contributed by atoms with Crippen molar-refractivity contribution in [1.82, 2.24) is 0 Å². The van der Waals surface area contributed by atoms with Crippen molar-refractivity contribution < 1.29 is 17.1 Å². The van der Waals surface area contributed by atoms with E-state index in [0.717, 1.165) is 0 Å². The van der Waals surface area contributed by atoms with Crippen LogP contribution in [0.5, 0.6) is 0 Å². The molecule has 4 heteroatoms. The van der Waals surface area contributed by atoms with E-state index in [2.05, 4.69) is 0 Å². The second-order valence-electron chi connectivity index (χ2n) is 0. The maximum absolute atomic E-state index is 0. The Morgan fingerprint density at radius 2 is 0.750 bits per heavy atom. The maximum atomic E-state index is 0. The Morgan fingerprint density at radius 3 is 0.750 bits per heavy atom. The topological polar surface area (TPSA) is 0 Å². The summed E-state index contributed by atoms with van der Waals surface area (Å²) in [6, 6.07) is 0. The molecule has 0 spiro atoms. The van der Waals surface area contributed by atoms with E-state index in [0.29, 0.717) is 0 Å². The fourth-order valence-electron chi connectivity index (χ4n) is 0. The summed E-state index contributed by atoms with van der Waals surface area (Å²) in [5, 5.41) is 0. The van der Waals surface area contributed by atoms with Gasteiger partial charge in [-0.25, -0.2) is 0 Å². The zero-order valence-electron chi connectivity index (χ0n) is 1.35. The molecule has 0 aromatic rings. The van der Waals surface area contributed by atoms with Crippen molar-refractivity contribution in [3.05, 3.63) is 0 Å². The second-order valence-corrected chi connectivity index (χ2v) is 0. The van der Waals surface area contributed by atoms with Crippen LogP contribution in [0.1, 0.15) is 0 Å². The van der Waals surface area contributed by atoms with Gasteiger partial charge in [-0.3, -0.25) is 0 Å². The molecule has 0 fully saturated rings. The first-order valence-electron chi connectivity index (χ1n) is 0. The van der Waals surface area contributed by atoms with E-state index in [1.54, 1.807) is 0 Å². The molecule has 0 aliphatic carbocycles. The van der Waals surface area contributed by atoms with Crippen molar-refractivity contribution in [1.29, 1.82) is 0 Å². The first-order valence-corrected chi connectivity index (χ1v) is 0. The van der Waals surface area contributed by atoms with Crippen LogP contribution in [0.2, 0.25) is 0 Å². The monoisotopic (exact) mass is 147 g/mol. The zero-order valence-corrected chi connectivity index (χ0v) is 4.46. The Balaban J connectivity index is 0. The molecule has 1 radical (unpaired) electrons. The van der Waals surface area contributed by atoms with Crippen molar-refractivity contribution >= 4 is 45.7 Å². The molecule has 0 atom stereocenters. The largest absolute Gasteiger partial charge is 0.187 e. The summed E-state index contributed by atoms with van der Waals surface area (Å²) in [6.45, 7) is 0. The summed E-state index contributed by atoms with van der Waals surface area (Å²) in [5.74, 6) is 0. The zero-order chi connectivity index (χ0) is 0. The molecule has 0 heterocycles. The van der Waals surface area contributed by atoms with Gasteiger partial charge in [-0.1, -0.05) is 0 Å². The molecule has 0 nitrogen and oxygen atoms in total. The average molecular weight is 147 g/mol. The van der Waals surface area contributed by atoms with Gasteiger partial charge in [0.05, 0.1) is 0 Å². The molecule has 0 N–H and O–H groups in total. The van der Waals surface area contributed by atoms with Crippen LogP contribution >= 0.6 is 0 Å². The Kier molecular flexibility index (Phi) is 220. The minimum atomic E-state index is 0. The van der Waals surface area contributed by atoms with Crippen molar-refractivity contribution in [3.8, 4) is 0 Å².